The molecule has 3 aliphatic heterocycles. The predicted octanol–water partition coefficient (Wildman–Crippen LogP) is 2.28. The molecule has 0 aromatic heterocycles. The molecule has 0 bridgehead atoms. The summed E-state index contributed by atoms with van der Waals surface area (Å²) < 4.78 is 0. The van der Waals surface area contributed by atoms with Crippen LogP contribution in [0.1, 0.15) is 37.7 Å². The van der Waals surface area contributed by atoms with Crippen molar-refractivity contribution in [1.29, 1.82) is 0 Å². The molecule has 0 saturated carbocycles. The van der Waals surface area contributed by atoms with Gasteiger partial charge >= 0.3 is 6.09 Å². The molecule has 9 nitrogen and oxygen atoms in total. The van der Waals surface area contributed by atoms with Crippen molar-refractivity contribution in [3.05, 3.63) is 42.0 Å². The van der Waals surface area contributed by atoms with Crippen molar-refractivity contribution >= 4 is 23.5 Å². The summed E-state index contributed by atoms with van der Waals surface area (Å²) in [6.07, 6.45) is 4.75. The van der Waals surface area contributed by atoms with Crippen LogP contribution in [-0.4, -0.2) is 88.2 Å². The number of carboxylic acid groups (broad SMARTS) is 1. The second kappa shape index (κ2) is 10.6. The summed E-state index contributed by atoms with van der Waals surface area (Å²) in [5, 5.41) is 19.1. The number of carbonyl (C=O) groups is 3. The number of amides is 3. The van der Waals surface area contributed by atoms with Crippen molar-refractivity contribution in [2.45, 2.75) is 44.2 Å². The van der Waals surface area contributed by atoms with E-state index >= 15 is 0 Å². The van der Waals surface area contributed by atoms with E-state index < -0.39 is 24.0 Å². The summed E-state index contributed by atoms with van der Waals surface area (Å²) in [6, 6.07) is 9.21. The van der Waals surface area contributed by atoms with Gasteiger partial charge in [0.15, 0.2) is 0 Å². The van der Waals surface area contributed by atoms with Crippen molar-refractivity contribution in [2.24, 2.45) is 11.8 Å². The van der Waals surface area contributed by atoms with Gasteiger partial charge in [0.2, 0.25) is 11.8 Å². The zero-order chi connectivity index (χ0) is 24.2. The number of likely N-dealkylation sites (tertiary alicyclic amines) is 2. The predicted molar refractivity (Wildman–Crippen MR) is 126 cm³/mol. The van der Waals surface area contributed by atoms with Gasteiger partial charge in [-0.1, -0.05) is 36.4 Å². The molecule has 3 amide bonds. The zero-order valence-corrected chi connectivity index (χ0v) is 19.6. The van der Waals surface area contributed by atoms with Gasteiger partial charge in [-0.15, -0.1) is 0 Å². The van der Waals surface area contributed by atoms with E-state index in [0.717, 1.165) is 31.2 Å². The maximum Gasteiger partial charge on any atom is 0.407 e. The Balaban J connectivity index is 1.50. The largest absolute Gasteiger partial charge is 0.465 e. The van der Waals surface area contributed by atoms with Gasteiger partial charge in [0, 0.05) is 32.2 Å². The quantitative estimate of drug-likeness (QED) is 0.460. The highest BCUT2D eigenvalue weighted by atomic mass is 16.5. The average molecular weight is 471 g/mol. The van der Waals surface area contributed by atoms with E-state index in [1.54, 1.807) is 10.4 Å². The number of rotatable bonds is 4. The number of hydroxylamine groups is 1. The number of benzene rings is 1. The van der Waals surface area contributed by atoms with E-state index in [1.807, 2.05) is 30.1 Å². The fraction of sp³-hybridized carbons (Fsp3) is 0.560. The number of hydrogen-bond donors (Lipinski definition) is 3. The molecule has 4 atom stereocenters. The van der Waals surface area contributed by atoms with Crippen LogP contribution in [0.5, 0.6) is 0 Å². The fourth-order valence-electron chi connectivity index (χ4n) is 5.95. The van der Waals surface area contributed by atoms with Crippen LogP contribution in [0.25, 0.3) is 5.57 Å². The number of piperidine rings is 2. The molecule has 1 aromatic carbocycles. The molecule has 0 aliphatic carbocycles. The topological polar surface area (TPSA) is 113 Å². The van der Waals surface area contributed by atoms with Crippen molar-refractivity contribution in [2.75, 3.05) is 33.2 Å². The van der Waals surface area contributed by atoms with Crippen LogP contribution in [0, 0.1) is 11.8 Å². The van der Waals surface area contributed by atoms with Gasteiger partial charge in [0.1, 0.15) is 6.04 Å². The Morgan fingerprint density at radius 1 is 1.09 bits per heavy atom. The van der Waals surface area contributed by atoms with Crippen LogP contribution in [0.4, 0.5) is 4.79 Å². The molecule has 1 unspecified atom stereocenters. The first-order valence-electron chi connectivity index (χ1n) is 12.1. The first-order chi connectivity index (χ1) is 16.4. The maximum atomic E-state index is 13.6. The Kier molecular flexibility index (Phi) is 7.53. The van der Waals surface area contributed by atoms with Crippen molar-refractivity contribution < 1.29 is 24.7 Å². The van der Waals surface area contributed by atoms with Gasteiger partial charge in [-0.3, -0.25) is 19.7 Å². The third-order valence-corrected chi connectivity index (χ3v) is 7.64. The van der Waals surface area contributed by atoms with Crippen molar-refractivity contribution in [1.82, 2.24) is 20.2 Å². The maximum absolute atomic E-state index is 13.6. The summed E-state index contributed by atoms with van der Waals surface area (Å²) in [5.74, 6) is -1.56. The zero-order valence-electron chi connectivity index (χ0n) is 19.6. The standard InChI is InChI=1S/C25H34N4O5/c1-27-16-19(21-9-5-6-12-29(21)25(32)33)15-20(23(30)26-34)22(27)24(31)28-13-10-18(11-14-28)17-7-3-2-4-8-17/h2-4,7-8,10,19-22,34H,5-6,9,11-16H2,1H3,(H,26,30)(H,32,33)/t19-,20-,21?,22-/m0/s1. The van der Waals surface area contributed by atoms with Crippen molar-refractivity contribution in [3.63, 3.8) is 0 Å². The number of hydrogen-bond acceptors (Lipinski definition) is 5. The fourth-order valence-corrected chi connectivity index (χ4v) is 5.95. The van der Waals surface area contributed by atoms with Gasteiger partial charge in [-0.05, 0) is 56.2 Å². The van der Waals surface area contributed by atoms with E-state index in [1.165, 1.54) is 10.5 Å². The monoisotopic (exact) mass is 470 g/mol. The Labute approximate surface area is 200 Å². The highest BCUT2D eigenvalue weighted by Crippen LogP contribution is 2.35. The summed E-state index contributed by atoms with van der Waals surface area (Å²) in [5.41, 5.74) is 4.11. The first-order valence-corrected chi connectivity index (χ1v) is 12.1. The molecule has 184 valence electrons. The third kappa shape index (κ3) is 4.95. The highest BCUT2D eigenvalue weighted by molar-refractivity contribution is 5.90. The Bertz CT molecular complexity index is 936. The smallest absolute Gasteiger partial charge is 0.407 e. The first kappa shape index (κ1) is 24.2. The van der Waals surface area contributed by atoms with Crippen LogP contribution >= 0.6 is 0 Å². The molecule has 3 aliphatic rings. The minimum Gasteiger partial charge on any atom is -0.465 e. The molecule has 3 N–H and O–H groups in total. The molecular formula is C25H34N4O5. The Morgan fingerprint density at radius 2 is 1.85 bits per heavy atom. The minimum atomic E-state index is -0.942. The summed E-state index contributed by atoms with van der Waals surface area (Å²) in [7, 11) is 1.81. The lowest BCUT2D eigenvalue weighted by Gasteiger charge is -2.47. The average Bonchev–Trinajstić information content (AvgIpc) is 2.88. The highest BCUT2D eigenvalue weighted by Gasteiger charge is 2.47. The summed E-state index contributed by atoms with van der Waals surface area (Å²) >= 11 is 0. The number of likely N-dealkylation sites (N-methyl/N-ethyl adjacent to an activating group) is 1. The summed E-state index contributed by atoms with van der Waals surface area (Å²) in [6.45, 7) is 2.05. The van der Waals surface area contributed by atoms with Gasteiger partial charge in [-0.25, -0.2) is 10.3 Å². The molecule has 4 rings (SSSR count). The SMILES string of the molecule is CN1C[C@@H](C2CCCCN2C(=O)O)C[C@H](C(=O)NO)[C@H]1C(=O)N1CC=C(c2ccccc2)CC1. The lowest BCUT2D eigenvalue weighted by atomic mass is 9.76. The van der Waals surface area contributed by atoms with Crippen LogP contribution in [-0.2, 0) is 9.59 Å². The number of nitrogens with zero attached hydrogens (tertiary/aromatic N) is 3. The summed E-state index contributed by atoms with van der Waals surface area (Å²) in [4.78, 5) is 43.2. The van der Waals surface area contributed by atoms with E-state index in [-0.39, 0.29) is 17.9 Å². The Hall–Kier alpha value is -2.91. The minimum absolute atomic E-state index is 0.0846. The van der Waals surface area contributed by atoms with Crippen LogP contribution in [0.2, 0.25) is 0 Å². The second-order valence-electron chi connectivity index (χ2n) is 9.63. The molecule has 3 heterocycles. The lowest BCUT2D eigenvalue weighted by molar-refractivity contribution is -0.150. The van der Waals surface area contributed by atoms with Gasteiger partial charge in [0.25, 0.3) is 0 Å². The van der Waals surface area contributed by atoms with Crippen LogP contribution < -0.4 is 5.48 Å². The molecule has 0 spiro atoms. The lowest BCUT2D eigenvalue weighted by Crippen LogP contribution is -2.62. The molecule has 2 saturated heterocycles. The van der Waals surface area contributed by atoms with E-state index in [9.17, 15) is 24.7 Å². The van der Waals surface area contributed by atoms with Crippen LogP contribution in [0.3, 0.4) is 0 Å². The Morgan fingerprint density at radius 3 is 2.50 bits per heavy atom. The van der Waals surface area contributed by atoms with Gasteiger partial charge in [-0.2, -0.15) is 0 Å². The normalized spacial score (nSPS) is 28.2. The van der Waals surface area contributed by atoms with Crippen molar-refractivity contribution in [3.8, 4) is 0 Å². The number of nitrogens with one attached hydrogen (secondary N) is 1. The molecular weight excluding hydrogens is 436 g/mol. The van der Waals surface area contributed by atoms with E-state index in [0.29, 0.717) is 32.6 Å². The number of carbonyl (C=O) groups excluding carboxylic acids is 2. The molecule has 9 heteroatoms. The third-order valence-electron chi connectivity index (χ3n) is 7.64. The molecule has 34 heavy (non-hydrogen) atoms. The van der Waals surface area contributed by atoms with Gasteiger partial charge < -0.3 is 14.9 Å². The van der Waals surface area contributed by atoms with Gasteiger partial charge in [0.05, 0.1) is 5.92 Å². The molecule has 0 radical (unpaired) electrons. The van der Waals surface area contributed by atoms with E-state index in [4.69, 9.17) is 0 Å². The van der Waals surface area contributed by atoms with Crippen LogP contribution in [0.15, 0.2) is 36.4 Å². The molecule has 1 aromatic rings. The molecule has 2 fully saturated rings. The van der Waals surface area contributed by atoms with E-state index in [2.05, 4.69) is 18.2 Å². The second-order valence-corrected chi connectivity index (χ2v) is 9.63.